The number of methoxy groups -OCH3 is 1. The molecule has 0 radical (unpaired) electrons. The maximum absolute atomic E-state index is 12.0. The monoisotopic (exact) mass is 290 g/mol. The number of hydrogen-bond acceptors (Lipinski definition) is 5. The molecule has 21 heavy (non-hydrogen) atoms. The van der Waals surface area contributed by atoms with Gasteiger partial charge < -0.3 is 19.7 Å². The van der Waals surface area contributed by atoms with Gasteiger partial charge in [0.1, 0.15) is 12.2 Å². The number of benzene rings is 1. The Balaban J connectivity index is 1.96. The second-order valence-corrected chi connectivity index (χ2v) is 4.93. The lowest BCUT2D eigenvalue weighted by Gasteiger charge is -2.23. The number of nitrogens with one attached hydrogen (secondary N) is 1. The van der Waals surface area contributed by atoms with Crippen LogP contribution in [0.4, 0.5) is 0 Å². The number of nitrogens with zero attached hydrogens (tertiary/aromatic N) is 1. The van der Waals surface area contributed by atoms with Crippen molar-refractivity contribution in [2.45, 2.75) is 19.1 Å². The molecule has 1 aromatic carbocycles. The fraction of sp³-hybridized carbons (Fsp3) is 0.333. The Bertz CT molecular complexity index is 593. The largest absolute Gasteiger partial charge is 0.384 e. The summed E-state index contributed by atoms with van der Waals surface area (Å²) in [4.78, 5) is 12.0. The van der Waals surface area contributed by atoms with Gasteiger partial charge in [0, 0.05) is 13.2 Å². The van der Waals surface area contributed by atoms with Gasteiger partial charge in [-0.1, -0.05) is 35.5 Å². The van der Waals surface area contributed by atoms with Crippen LogP contribution < -0.4 is 5.32 Å². The van der Waals surface area contributed by atoms with Gasteiger partial charge in [-0.2, -0.15) is 0 Å². The molecule has 0 spiro atoms. The average molecular weight is 290 g/mol. The molecule has 2 aromatic rings. The minimum atomic E-state index is -1.16. The fourth-order valence-electron chi connectivity index (χ4n) is 1.87. The number of carbonyl (C=O) groups is 1. The van der Waals surface area contributed by atoms with E-state index in [0.29, 0.717) is 5.76 Å². The summed E-state index contributed by atoms with van der Waals surface area (Å²) in [6.07, 6.45) is 0. The van der Waals surface area contributed by atoms with Crippen molar-refractivity contribution in [2.75, 3.05) is 13.7 Å². The van der Waals surface area contributed by atoms with Crippen LogP contribution in [-0.2, 0) is 16.9 Å². The van der Waals surface area contributed by atoms with Gasteiger partial charge in [0.2, 0.25) is 0 Å². The Hall–Kier alpha value is -2.18. The normalized spacial score (nSPS) is 13.7. The van der Waals surface area contributed by atoms with Gasteiger partial charge in [0.25, 0.3) is 5.91 Å². The number of carbonyl (C=O) groups excluding carboxylic acids is 1. The molecule has 0 aliphatic heterocycles. The molecule has 6 heteroatoms. The number of aliphatic hydroxyl groups is 1. The molecule has 0 aliphatic rings. The molecule has 1 aromatic heterocycles. The Morgan fingerprint density at radius 1 is 1.43 bits per heavy atom. The molecule has 0 fully saturated rings. The zero-order chi connectivity index (χ0) is 15.3. The third-order valence-corrected chi connectivity index (χ3v) is 3.07. The van der Waals surface area contributed by atoms with Gasteiger partial charge >= 0.3 is 0 Å². The fourth-order valence-corrected chi connectivity index (χ4v) is 1.87. The van der Waals surface area contributed by atoms with E-state index in [1.165, 1.54) is 13.2 Å². The maximum Gasteiger partial charge on any atom is 0.273 e. The summed E-state index contributed by atoms with van der Waals surface area (Å²) < 4.78 is 9.83. The summed E-state index contributed by atoms with van der Waals surface area (Å²) in [6, 6.07) is 10.7. The third-order valence-electron chi connectivity index (χ3n) is 3.07. The zero-order valence-electron chi connectivity index (χ0n) is 12.0. The topological polar surface area (TPSA) is 84.6 Å². The summed E-state index contributed by atoms with van der Waals surface area (Å²) in [7, 11) is 1.53. The van der Waals surface area contributed by atoms with Crippen molar-refractivity contribution in [3.05, 3.63) is 53.4 Å². The Morgan fingerprint density at radius 2 is 2.14 bits per heavy atom. The smallest absolute Gasteiger partial charge is 0.273 e. The van der Waals surface area contributed by atoms with E-state index < -0.39 is 11.5 Å². The van der Waals surface area contributed by atoms with Crippen LogP contribution in [0.5, 0.6) is 0 Å². The number of aromatic nitrogens is 1. The van der Waals surface area contributed by atoms with Crippen molar-refractivity contribution in [3.63, 3.8) is 0 Å². The van der Waals surface area contributed by atoms with E-state index >= 15 is 0 Å². The van der Waals surface area contributed by atoms with Gasteiger partial charge in [-0.05, 0) is 12.5 Å². The highest BCUT2D eigenvalue weighted by atomic mass is 16.5. The van der Waals surface area contributed by atoms with Crippen molar-refractivity contribution in [2.24, 2.45) is 0 Å². The Morgan fingerprint density at radius 3 is 2.81 bits per heavy atom. The van der Waals surface area contributed by atoms with Gasteiger partial charge in [0.05, 0.1) is 6.54 Å². The molecule has 0 aliphatic carbocycles. The predicted octanol–water partition coefficient (Wildman–Crippen LogP) is 1.46. The van der Waals surface area contributed by atoms with E-state index in [-0.39, 0.29) is 18.8 Å². The SMILES string of the molecule is COCc1cc(C(=O)NCC(C)(O)c2ccccc2)no1. The van der Waals surface area contributed by atoms with Gasteiger partial charge in [-0.15, -0.1) is 0 Å². The van der Waals surface area contributed by atoms with Gasteiger partial charge in [-0.25, -0.2) is 0 Å². The molecule has 1 heterocycles. The van der Waals surface area contributed by atoms with Crippen LogP contribution in [-0.4, -0.2) is 29.8 Å². The lowest BCUT2D eigenvalue weighted by Crippen LogP contribution is -2.38. The van der Waals surface area contributed by atoms with Crippen molar-refractivity contribution in [1.82, 2.24) is 10.5 Å². The number of rotatable bonds is 6. The molecule has 1 unspecified atom stereocenters. The summed E-state index contributed by atoms with van der Waals surface area (Å²) in [6.45, 7) is 1.96. The molecule has 112 valence electrons. The minimum absolute atomic E-state index is 0.0717. The van der Waals surface area contributed by atoms with E-state index in [9.17, 15) is 9.90 Å². The standard InChI is InChI=1S/C15H18N2O4/c1-15(19,11-6-4-3-5-7-11)10-16-14(18)13-8-12(9-20-2)21-17-13/h3-8,19H,9-10H2,1-2H3,(H,16,18). The van der Waals surface area contributed by atoms with Gasteiger partial charge in [-0.3, -0.25) is 4.79 Å². The van der Waals surface area contributed by atoms with E-state index in [4.69, 9.17) is 9.26 Å². The number of ether oxygens (including phenoxy) is 1. The molecule has 1 atom stereocenters. The van der Waals surface area contributed by atoms with Crippen molar-refractivity contribution in [3.8, 4) is 0 Å². The molecule has 6 nitrogen and oxygen atoms in total. The maximum atomic E-state index is 12.0. The average Bonchev–Trinajstić information content (AvgIpc) is 2.95. The molecular formula is C15H18N2O4. The quantitative estimate of drug-likeness (QED) is 0.841. The summed E-state index contributed by atoms with van der Waals surface area (Å²) in [5.74, 6) is 0.0646. The van der Waals surface area contributed by atoms with Crippen LogP contribution in [0.15, 0.2) is 40.9 Å². The van der Waals surface area contributed by atoms with Crippen LogP contribution in [0, 0.1) is 0 Å². The van der Waals surface area contributed by atoms with E-state index in [0.717, 1.165) is 5.56 Å². The lowest BCUT2D eigenvalue weighted by molar-refractivity contribution is 0.0524. The van der Waals surface area contributed by atoms with E-state index in [1.807, 2.05) is 18.2 Å². The summed E-state index contributed by atoms with van der Waals surface area (Å²) in [5, 5.41) is 16.7. The van der Waals surface area contributed by atoms with Crippen LogP contribution in [0.25, 0.3) is 0 Å². The predicted molar refractivity (Wildman–Crippen MR) is 75.6 cm³/mol. The highest BCUT2D eigenvalue weighted by molar-refractivity contribution is 5.92. The zero-order valence-corrected chi connectivity index (χ0v) is 12.0. The van der Waals surface area contributed by atoms with E-state index in [2.05, 4.69) is 10.5 Å². The first kappa shape index (κ1) is 15.2. The summed E-state index contributed by atoms with van der Waals surface area (Å²) >= 11 is 0. The molecule has 0 saturated heterocycles. The lowest BCUT2D eigenvalue weighted by atomic mass is 9.96. The van der Waals surface area contributed by atoms with Gasteiger partial charge in [0.15, 0.2) is 11.5 Å². The van der Waals surface area contributed by atoms with Crippen molar-refractivity contribution >= 4 is 5.91 Å². The molecule has 2 N–H and O–H groups in total. The number of hydrogen-bond donors (Lipinski definition) is 2. The first-order valence-electron chi connectivity index (χ1n) is 6.53. The number of amides is 1. The van der Waals surface area contributed by atoms with Crippen molar-refractivity contribution < 1.29 is 19.2 Å². The summed E-state index contributed by atoms with van der Waals surface area (Å²) in [5.41, 5.74) is -0.271. The highest BCUT2D eigenvalue weighted by Gasteiger charge is 2.24. The van der Waals surface area contributed by atoms with Crippen molar-refractivity contribution in [1.29, 1.82) is 0 Å². The minimum Gasteiger partial charge on any atom is -0.384 e. The molecule has 0 saturated carbocycles. The van der Waals surface area contributed by atoms with Crippen LogP contribution in [0.2, 0.25) is 0 Å². The first-order valence-corrected chi connectivity index (χ1v) is 6.53. The Labute approximate surface area is 122 Å². The third kappa shape index (κ3) is 3.90. The second-order valence-electron chi connectivity index (χ2n) is 4.93. The second kappa shape index (κ2) is 6.51. The first-order chi connectivity index (χ1) is 10.0. The highest BCUT2D eigenvalue weighted by Crippen LogP contribution is 2.19. The molecule has 1 amide bonds. The Kier molecular flexibility index (Phi) is 4.72. The molecular weight excluding hydrogens is 272 g/mol. The van der Waals surface area contributed by atoms with Crippen LogP contribution >= 0.6 is 0 Å². The molecule has 2 rings (SSSR count). The molecule has 0 bridgehead atoms. The van der Waals surface area contributed by atoms with Crippen LogP contribution in [0.3, 0.4) is 0 Å². The van der Waals surface area contributed by atoms with Crippen LogP contribution in [0.1, 0.15) is 28.7 Å². The van der Waals surface area contributed by atoms with E-state index in [1.54, 1.807) is 19.1 Å².